The van der Waals surface area contributed by atoms with E-state index in [0.717, 1.165) is 60.3 Å². The van der Waals surface area contributed by atoms with Gasteiger partial charge in [-0.1, -0.05) is 36.4 Å². The van der Waals surface area contributed by atoms with Crippen LogP contribution in [0.15, 0.2) is 53.9 Å². The fourth-order valence-electron chi connectivity index (χ4n) is 3.74. The molecule has 2 aromatic carbocycles. The van der Waals surface area contributed by atoms with E-state index in [1.165, 1.54) is 5.56 Å². The Morgan fingerprint density at radius 1 is 1.10 bits per heavy atom. The summed E-state index contributed by atoms with van der Waals surface area (Å²) < 4.78 is 5.31. The van der Waals surface area contributed by atoms with Gasteiger partial charge in [0, 0.05) is 43.7 Å². The molecule has 2 heterocycles. The molecule has 0 saturated carbocycles. The SMILES string of the molecule is COc1cccc(-c2nc(CN3CCN(C(=O)Cc4ccccc4C)CC3)cs2)c1. The van der Waals surface area contributed by atoms with Crippen molar-refractivity contribution in [2.75, 3.05) is 33.3 Å². The van der Waals surface area contributed by atoms with Crippen molar-refractivity contribution in [3.8, 4) is 16.3 Å². The molecule has 0 radical (unpaired) electrons. The number of aryl methyl sites for hydroxylation is 1. The normalized spacial score (nSPS) is 14.7. The van der Waals surface area contributed by atoms with Crippen molar-refractivity contribution in [1.82, 2.24) is 14.8 Å². The van der Waals surface area contributed by atoms with Gasteiger partial charge in [-0.3, -0.25) is 9.69 Å². The number of hydrogen-bond donors (Lipinski definition) is 0. The van der Waals surface area contributed by atoms with Crippen LogP contribution in [0.1, 0.15) is 16.8 Å². The van der Waals surface area contributed by atoms with Crippen molar-refractivity contribution < 1.29 is 9.53 Å². The van der Waals surface area contributed by atoms with Gasteiger partial charge < -0.3 is 9.64 Å². The first-order chi connectivity index (χ1) is 14.6. The van der Waals surface area contributed by atoms with Crippen LogP contribution >= 0.6 is 11.3 Å². The molecular formula is C24H27N3O2S. The predicted molar refractivity (Wildman–Crippen MR) is 121 cm³/mol. The van der Waals surface area contributed by atoms with Crippen molar-refractivity contribution in [2.24, 2.45) is 0 Å². The van der Waals surface area contributed by atoms with Crippen molar-refractivity contribution in [3.63, 3.8) is 0 Å². The topological polar surface area (TPSA) is 45.7 Å². The van der Waals surface area contributed by atoms with E-state index in [4.69, 9.17) is 9.72 Å². The van der Waals surface area contributed by atoms with Crippen LogP contribution in [0.4, 0.5) is 0 Å². The second kappa shape index (κ2) is 9.41. The molecule has 0 unspecified atom stereocenters. The number of ether oxygens (including phenoxy) is 1. The number of rotatable bonds is 6. The molecule has 0 atom stereocenters. The summed E-state index contributed by atoms with van der Waals surface area (Å²) in [4.78, 5) is 21.9. The molecule has 6 heteroatoms. The zero-order chi connectivity index (χ0) is 20.9. The largest absolute Gasteiger partial charge is 0.497 e. The summed E-state index contributed by atoms with van der Waals surface area (Å²) in [6.45, 7) is 6.20. The zero-order valence-corrected chi connectivity index (χ0v) is 18.3. The lowest BCUT2D eigenvalue weighted by Gasteiger charge is -2.34. The van der Waals surface area contributed by atoms with Gasteiger partial charge in [0.05, 0.1) is 19.2 Å². The molecule has 3 aromatic rings. The molecule has 1 aromatic heterocycles. The third kappa shape index (κ3) is 4.89. The number of piperazine rings is 1. The van der Waals surface area contributed by atoms with Gasteiger partial charge in [-0.25, -0.2) is 4.98 Å². The highest BCUT2D eigenvalue weighted by atomic mass is 32.1. The highest BCUT2D eigenvalue weighted by molar-refractivity contribution is 7.13. The Bertz CT molecular complexity index is 1010. The molecule has 0 aliphatic carbocycles. The highest BCUT2D eigenvalue weighted by Gasteiger charge is 2.22. The van der Waals surface area contributed by atoms with Gasteiger partial charge >= 0.3 is 0 Å². The molecule has 1 aliphatic rings. The number of thiazole rings is 1. The standard InChI is InChI=1S/C24H27N3O2S/c1-18-6-3-4-7-19(18)15-23(28)27-12-10-26(11-13-27)16-21-17-30-24(25-21)20-8-5-9-22(14-20)29-2/h3-9,14,17H,10-13,15-16H2,1-2H3. The number of benzene rings is 2. The van der Waals surface area contributed by atoms with Crippen LogP contribution in [0.25, 0.3) is 10.6 Å². The third-order valence-electron chi connectivity index (χ3n) is 5.58. The molecule has 1 saturated heterocycles. The fourth-order valence-corrected chi connectivity index (χ4v) is 4.54. The summed E-state index contributed by atoms with van der Waals surface area (Å²) in [5.41, 5.74) is 4.46. The van der Waals surface area contributed by atoms with Crippen LogP contribution in [0.3, 0.4) is 0 Å². The Kier molecular flexibility index (Phi) is 6.45. The zero-order valence-electron chi connectivity index (χ0n) is 17.5. The van der Waals surface area contributed by atoms with Gasteiger partial charge in [-0.2, -0.15) is 0 Å². The van der Waals surface area contributed by atoms with Gasteiger partial charge in [0.15, 0.2) is 0 Å². The van der Waals surface area contributed by atoms with E-state index in [1.54, 1.807) is 18.4 Å². The van der Waals surface area contributed by atoms with Crippen molar-refractivity contribution >= 4 is 17.2 Å². The number of amides is 1. The number of carbonyl (C=O) groups is 1. The first kappa shape index (κ1) is 20.6. The first-order valence-corrected chi connectivity index (χ1v) is 11.1. The van der Waals surface area contributed by atoms with E-state index < -0.39 is 0 Å². The van der Waals surface area contributed by atoms with Crippen LogP contribution in [0, 0.1) is 6.92 Å². The number of nitrogens with zero attached hydrogens (tertiary/aromatic N) is 3. The molecule has 0 spiro atoms. The number of methoxy groups -OCH3 is 1. The van der Waals surface area contributed by atoms with E-state index in [1.807, 2.05) is 41.3 Å². The fraction of sp³-hybridized carbons (Fsp3) is 0.333. The summed E-state index contributed by atoms with van der Waals surface area (Å²) in [5, 5.41) is 3.14. The lowest BCUT2D eigenvalue weighted by Crippen LogP contribution is -2.48. The Balaban J connectivity index is 1.30. The predicted octanol–water partition coefficient (Wildman–Crippen LogP) is 4.01. The first-order valence-electron chi connectivity index (χ1n) is 10.3. The summed E-state index contributed by atoms with van der Waals surface area (Å²) >= 11 is 1.66. The minimum atomic E-state index is 0.220. The van der Waals surface area contributed by atoms with E-state index in [0.29, 0.717) is 6.42 Å². The van der Waals surface area contributed by atoms with Crippen LogP contribution < -0.4 is 4.74 Å². The molecule has 4 rings (SSSR count). The van der Waals surface area contributed by atoms with Crippen molar-refractivity contribution in [1.29, 1.82) is 0 Å². The molecular weight excluding hydrogens is 394 g/mol. The van der Waals surface area contributed by atoms with Gasteiger partial charge in [0.2, 0.25) is 5.91 Å². The Morgan fingerprint density at radius 2 is 1.90 bits per heavy atom. The maximum atomic E-state index is 12.7. The lowest BCUT2D eigenvalue weighted by molar-refractivity contribution is -0.132. The van der Waals surface area contributed by atoms with Crippen LogP contribution in [0.2, 0.25) is 0 Å². The molecule has 30 heavy (non-hydrogen) atoms. The van der Waals surface area contributed by atoms with Gasteiger partial charge in [-0.05, 0) is 30.2 Å². The molecule has 0 bridgehead atoms. The maximum Gasteiger partial charge on any atom is 0.227 e. The van der Waals surface area contributed by atoms with Gasteiger partial charge in [0.25, 0.3) is 0 Å². The monoisotopic (exact) mass is 421 g/mol. The third-order valence-corrected chi connectivity index (χ3v) is 6.52. The Morgan fingerprint density at radius 3 is 2.67 bits per heavy atom. The number of carbonyl (C=O) groups excluding carboxylic acids is 1. The van der Waals surface area contributed by atoms with Gasteiger partial charge in [-0.15, -0.1) is 11.3 Å². The summed E-state index contributed by atoms with van der Waals surface area (Å²) in [7, 11) is 1.68. The maximum absolute atomic E-state index is 12.7. The smallest absolute Gasteiger partial charge is 0.227 e. The molecule has 1 aliphatic heterocycles. The average Bonchev–Trinajstić information content (AvgIpc) is 3.24. The summed E-state index contributed by atoms with van der Waals surface area (Å²) in [6, 6.07) is 16.1. The second-order valence-corrected chi connectivity index (χ2v) is 8.49. The van der Waals surface area contributed by atoms with E-state index in [9.17, 15) is 4.79 Å². The molecule has 1 amide bonds. The van der Waals surface area contributed by atoms with E-state index in [-0.39, 0.29) is 5.91 Å². The minimum absolute atomic E-state index is 0.220. The summed E-state index contributed by atoms with van der Waals surface area (Å²) in [6.07, 6.45) is 0.489. The van der Waals surface area contributed by atoms with Crippen LogP contribution in [-0.4, -0.2) is 54.0 Å². The molecule has 1 fully saturated rings. The molecule has 0 N–H and O–H groups in total. The molecule has 156 valence electrons. The van der Waals surface area contributed by atoms with E-state index >= 15 is 0 Å². The lowest BCUT2D eigenvalue weighted by atomic mass is 10.1. The highest BCUT2D eigenvalue weighted by Crippen LogP contribution is 2.27. The number of hydrogen-bond acceptors (Lipinski definition) is 5. The van der Waals surface area contributed by atoms with Crippen LogP contribution in [-0.2, 0) is 17.8 Å². The minimum Gasteiger partial charge on any atom is -0.497 e. The quantitative estimate of drug-likeness (QED) is 0.603. The number of aromatic nitrogens is 1. The van der Waals surface area contributed by atoms with E-state index in [2.05, 4.69) is 29.3 Å². The Hall–Kier alpha value is -2.70. The summed E-state index contributed by atoms with van der Waals surface area (Å²) in [5.74, 6) is 1.06. The van der Waals surface area contributed by atoms with Crippen LogP contribution in [0.5, 0.6) is 5.75 Å². The molecule has 5 nitrogen and oxygen atoms in total. The second-order valence-electron chi connectivity index (χ2n) is 7.64. The Labute approximate surface area is 181 Å². The van der Waals surface area contributed by atoms with Gasteiger partial charge in [0.1, 0.15) is 10.8 Å². The average molecular weight is 422 g/mol. The van der Waals surface area contributed by atoms with Crippen molar-refractivity contribution in [3.05, 3.63) is 70.7 Å². The van der Waals surface area contributed by atoms with Crippen molar-refractivity contribution in [2.45, 2.75) is 19.9 Å².